The van der Waals surface area contributed by atoms with Crippen molar-refractivity contribution in [1.29, 1.82) is 0 Å². The highest BCUT2D eigenvalue weighted by Crippen LogP contribution is 2.32. The van der Waals surface area contributed by atoms with E-state index in [1.807, 2.05) is 24.3 Å². The first kappa shape index (κ1) is 10.0. The van der Waals surface area contributed by atoms with Gasteiger partial charge in [0.05, 0.1) is 16.9 Å². The van der Waals surface area contributed by atoms with Crippen LogP contribution in [0.3, 0.4) is 0 Å². The Morgan fingerprint density at radius 3 is 2.88 bits per heavy atom. The molecule has 0 bridgehead atoms. The zero-order valence-electron chi connectivity index (χ0n) is 8.68. The molecule has 0 atom stereocenters. The molecule has 1 aromatic heterocycles. The van der Waals surface area contributed by atoms with E-state index < -0.39 is 0 Å². The minimum absolute atomic E-state index is 0.133. The smallest absolute Gasteiger partial charge is 0.223 e. The number of aliphatic imine (C=N–C) groups is 1. The third kappa shape index (κ3) is 1.70. The molecule has 2 aromatic rings. The monoisotopic (exact) mass is 245 g/mol. The summed E-state index contributed by atoms with van der Waals surface area (Å²) in [5.41, 5.74) is 7.88. The molecular formula is C11H8ClN5. The predicted octanol–water partition coefficient (Wildman–Crippen LogP) is 2.52. The van der Waals surface area contributed by atoms with E-state index in [9.17, 15) is 0 Å². The second-order valence-corrected chi connectivity index (χ2v) is 3.89. The van der Waals surface area contributed by atoms with Gasteiger partial charge in [-0.3, -0.25) is 4.99 Å². The summed E-state index contributed by atoms with van der Waals surface area (Å²) in [7, 11) is 0. The SMILES string of the molecule is Nc1nc(Cl)c2c(n1)Nc1ccccc1N=C2. The molecule has 0 spiro atoms. The number of nitrogens with two attached hydrogens (primary N) is 1. The summed E-state index contributed by atoms with van der Waals surface area (Å²) in [4.78, 5) is 12.3. The second-order valence-electron chi connectivity index (χ2n) is 3.54. The summed E-state index contributed by atoms with van der Waals surface area (Å²) < 4.78 is 0. The summed E-state index contributed by atoms with van der Waals surface area (Å²) in [6, 6.07) is 7.64. The second kappa shape index (κ2) is 3.71. The molecule has 3 N–H and O–H groups in total. The van der Waals surface area contributed by atoms with Crippen LogP contribution >= 0.6 is 11.6 Å². The summed E-state index contributed by atoms with van der Waals surface area (Å²) >= 11 is 6.00. The number of benzene rings is 1. The first-order valence-electron chi connectivity index (χ1n) is 4.97. The zero-order chi connectivity index (χ0) is 11.8. The van der Waals surface area contributed by atoms with Gasteiger partial charge in [0.15, 0.2) is 0 Å². The average molecular weight is 246 g/mol. The summed E-state index contributed by atoms with van der Waals surface area (Å²) in [5, 5.41) is 3.43. The van der Waals surface area contributed by atoms with Crippen LogP contribution in [0.5, 0.6) is 0 Å². The van der Waals surface area contributed by atoms with Crippen molar-refractivity contribution in [1.82, 2.24) is 9.97 Å². The Bertz CT molecular complexity index is 623. The molecule has 0 saturated carbocycles. The number of nitrogens with zero attached hydrogens (tertiary/aromatic N) is 3. The number of hydrogen-bond donors (Lipinski definition) is 2. The van der Waals surface area contributed by atoms with Gasteiger partial charge < -0.3 is 11.1 Å². The molecule has 2 heterocycles. The van der Waals surface area contributed by atoms with E-state index in [2.05, 4.69) is 20.3 Å². The molecule has 5 nitrogen and oxygen atoms in total. The molecule has 0 fully saturated rings. The van der Waals surface area contributed by atoms with Gasteiger partial charge in [0, 0.05) is 6.21 Å². The molecule has 3 rings (SSSR count). The number of halogens is 1. The van der Waals surface area contributed by atoms with E-state index in [1.165, 1.54) is 0 Å². The third-order valence-electron chi connectivity index (χ3n) is 2.41. The Balaban J connectivity index is 2.22. The lowest BCUT2D eigenvalue weighted by Crippen LogP contribution is -2.03. The zero-order valence-corrected chi connectivity index (χ0v) is 9.44. The predicted molar refractivity (Wildman–Crippen MR) is 68.4 cm³/mol. The van der Waals surface area contributed by atoms with E-state index in [0.717, 1.165) is 11.4 Å². The summed E-state index contributed by atoms with van der Waals surface area (Å²) in [5.74, 6) is 0.699. The van der Waals surface area contributed by atoms with Crippen molar-refractivity contribution >= 4 is 41.0 Å². The lowest BCUT2D eigenvalue weighted by molar-refractivity contribution is 1.18. The van der Waals surface area contributed by atoms with Gasteiger partial charge >= 0.3 is 0 Å². The standard InChI is InChI=1S/C11H8ClN5/c12-9-6-5-14-7-3-1-2-4-8(7)15-10(6)17-11(13)16-9/h1-5H,(H3,13,15,16,17). The van der Waals surface area contributed by atoms with Crippen molar-refractivity contribution < 1.29 is 0 Å². The number of hydrogen-bond acceptors (Lipinski definition) is 5. The molecule has 0 unspecified atom stereocenters. The van der Waals surface area contributed by atoms with Crippen LogP contribution in [-0.4, -0.2) is 16.2 Å². The van der Waals surface area contributed by atoms with Gasteiger partial charge in [-0.25, -0.2) is 4.98 Å². The first-order chi connectivity index (χ1) is 8.24. The lowest BCUT2D eigenvalue weighted by Gasteiger charge is -2.08. The van der Waals surface area contributed by atoms with Crippen LogP contribution in [0.25, 0.3) is 0 Å². The number of rotatable bonds is 0. The highest BCUT2D eigenvalue weighted by molar-refractivity contribution is 6.32. The fraction of sp³-hybridized carbons (Fsp3) is 0. The molecular weight excluding hydrogens is 238 g/mol. The molecule has 0 aliphatic carbocycles. The number of para-hydroxylation sites is 2. The Kier molecular flexibility index (Phi) is 2.19. The molecule has 6 heteroatoms. The number of nitrogen functional groups attached to an aromatic ring is 1. The van der Waals surface area contributed by atoms with Crippen molar-refractivity contribution in [2.24, 2.45) is 4.99 Å². The van der Waals surface area contributed by atoms with Crippen LogP contribution in [0.4, 0.5) is 23.1 Å². The fourth-order valence-electron chi connectivity index (χ4n) is 1.62. The Morgan fingerprint density at radius 1 is 1.18 bits per heavy atom. The Morgan fingerprint density at radius 2 is 2.00 bits per heavy atom. The molecule has 0 saturated heterocycles. The van der Waals surface area contributed by atoms with Gasteiger partial charge in [0.1, 0.15) is 11.0 Å². The third-order valence-corrected chi connectivity index (χ3v) is 2.69. The molecule has 1 aliphatic heterocycles. The van der Waals surface area contributed by atoms with Crippen molar-refractivity contribution in [3.05, 3.63) is 35.0 Å². The van der Waals surface area contributed by atoms with Crippen LogP contribution in [0.1, 0.15) is 5.56 Å². The van der Waals surface area contributed by atoms with Gasteiger partial charge in [0.2, 0.25) is 5.95 Å². The van der Waals surface area contributed by atoms with Crippen LogP contribution in [-0.2, 0) is 0 Å². The van der Waals surface area contributed by atoms with E-state index >= 15 is 0 Å². The van der Waals surface area contributed by atoms with Gasteiger partial charge in [-0.2, -0.15) is 4.98 Å². The number of anilines is 3. The maximum Gasteiger partial charge on any atom is 0.223 e. The van der Waals surface area contributed by atoms with Crippen molar-refractivity contribution in [2.75, 3.05) is 11.1 Å². The maximum absolute atomic E-state index is 6.00. The topological polar surface area (TPSA) is 76.2 Å². The van der Waals surface area contributed by atoms with Gasteiger partial charge in [-0.05, 0) is 12.1 Å². The lowest BCUT2D eigenvalue weighted by atomic mass is 10.2. The van der Waals surface area contributed by atoms with Crippen LogP contribution in [0.15, 0.2) is 29.3 Å². The van der Waals surface area contributed by atoms with Crippen LogP contribution in [0.2, 0.25) is 5.15 Å². The summed E-state index contributed by atoms with van der Waals surface area (Å²) in [6.07, 6.45) is 1.63. The fourth-order valence-corrected chi connectivity index (χ4v) is 1.85. The minimum atomic E-state index is 0.133. The average Bonchev–Trinajstić information content (AvgIpc) is 2.47. The van der Waals surface area contributed by atoms with Crippen molar-refractivity contribution in [3.63, 3.8) is 0 Å². The molecule has 17 heavy (non-hydrogen) atoms. The number of fused-ring (bicyclic) bond motifs is 2. The van der Waals surface area contributed by atoms with Crippen LogP contribution in [0, 0.1) is 0 Å². The largest absolute Gasteiger partial charge is 0.368 e. The van der Waals surface area contributed by atoms with Crippen molar-refractivity contribution in [2.45, 2.75) is 0 Å². The molecule has 0 amide bonds. The molecule has 84 valence electrons. The molecule has 0 radical (unpaired) electrons. The highest BCUT2D eigenvalue weighted by atomic mass is 35.5. The Labute approximate surface area is 102 Å². The first-order valence-corrected chi connectivity index (χ1v) is 5.35. The quantitative estimate of drug-likeness (QED) is 0.597. The van der Waals surface area contributed by atoms with Gasteiger partial charge in [0.25, 0.3) is 0 Å². The van der Waals surface area contributed by atoms with Crippen molar-refractivity contribution in [3.8, 4) is 0 Å². The number of aromatic nitrogens is 2. The molecule has 1 aromatic carbocycles. The Hall–Kier alpha value is -2.14. The van der Waals surface area contributed by atoms with E-state index in [4.69, 9.17) is 17.3 Å². The van der Waals surface area contributed by atoms with Gasteiger partial charge in [-0.15, -0.1) is 0 Å². The van der Waals surface area contributed by atoms with E-state index in [0.29, 0.717) is 11.4 Å². The molecule has 1 aliphatic rings. The minimum Gasteiger partial charge on any atom is -0.368 e. The maximum atomic E-state index is 6.00. The summed E-state index contributed by atoms with van der Waals surface area (Å²) in [6.45, 7) is 0. The number of nitrogens with one attached hydrogen (secondary N) is 1. The van der Waals surface area contributed by atoms with E-state index in [-0.39, 0.29) is 11.1 Å². The normalized spacial score (nSPS) is 12.3. The van der Waals surface area contributed by atoms with Crippen LogP contribution < -0.4 is 11.1 Å². The highest BCUT2D eigenvalue weighted by Gasteiger charge is 2.14. The van der Waals surface area contributed by atoms with Gasteiger partial charge in [-0.1, -0.05) is 23.7 Å². The van der Waals surface area contributed by atoms with E-state index in [1.54, 1.807) is 6.21 Å².